The number of non-ortho nitro benzene ring substituents is 1. The molecule has 0 aromatic heterocycles. The topological polar surface area (TPSA) is 109 Å². The van der Waals surface area contributed by atoms with Gasteiger partial charge < -0.3 is 9.47 Å². The minimum Gasteiger partial charge on any atom is -0.490 e. The number of hydrogen-bond acceptors (Lipinski definition) is 6. The van der Waals surface area contributed by atoms with Crippen molar-refractivity contribution in [2.24, 2.45) is 0 Å². The van der Waals surface area contributed by atoms with E-state index in [4.69, 9.17) is 9.47 Å². The first kappa shape index (κ1) is 22.1. The van der Waals surface area contributed by atoms with Crippen molar-refractivity contribution in [3.8, 4) is 23.6 Å². The fraction of sp³-hybridized carbons (Fsp3) is 0.120. The number of nitro groups is 1. The number of benzene rings is 3. The van der Waals surface area contributed by atoms with Gasteiger partial charge in [-0.25, -0.2) is 0 Å². The highest BCUT2D eigenvalue weighted by atomic mass is 16.6. The zero-order valence-electron chi connectivity index (χ0n) is 17.3. The largest absolute Gasteiger partial charge is 0.490 e. The Labute approximate surface area is 185 Å². The lowest BCUT2D eigenvalue weighted by Gasteiger charge is -2.13. The van der Waals surface area contributed by atoms with Crippen LogP contribution < -0.4 is 9.47 Å². The van der Waals surface area contributed by atoms with E-state index in [2.05, 4.69) is 12.1 Å². The minimum atomic E-state index is -0.498. The number of nitro benzene ring substituents is 1. The standard InChI is InChI=1S/C25H19N3O4/c1-2-31-25-13-18(12-22(16-27)19-8-5-9-23(14-19)28(29)30)10-11-24(25)32-17-21-7-4-3-6-20(21)15-26/h3-14H,2,17H2,1H3/b22-12-. The maximum absolute atomic E-state index is 11.0. The monoisotopic (exact) mass is 425 g/mol. The number of nitriles is 2. The highest BCUT2D eigenvalue weighted by Gasteiger charge is 2.11. The van der Waals surface area contributed by atoms with Gasteiger partial charge in [0.25, 0.3) is 5.69 Å². The van der Waals surface area contributed by atoms with Crippen molar-refractivity contribution in [1.29, 1.82) is 10.5 Å². The van der Waals surface area contributed by atoms with E-state index in [1.165, 1.54) is 12.1 Å². The number of rotatable bonds is 8. The van der Waals surface area contributed by atoms with E-state index in [9.17, 15) is 20.6 Å². The Morgan fingerprint density at radius 3 is 2.56 bits per heavy atom. The molecule has 7 nitrogen and oxygen atoms in total. The van der Waals surface area contributed by atoms with Crippen LogP contribution in [0, 0.1) is 32.8 Å². The predicted octanol–water partition coefficient (Wildman–Crippen LogP) is 5.51. The van der Waals surface area contributed by atoms with Gasteiger partial charge in [-0.2, -0.15) is 10.5 Å². The van der Waals surface area contributed by atoms with Crippen LogP contribution in [0.25, 0.3) is 11.6 Å². The molecule has 0 aliphatic carbocycles. The highest BCUT2D eigenvalue weighted by Crippen LogP contribution is 2.31. The average molecular weight is 425 g/mol. The summed E-state index contributed by atoms with van der Waals surface area (Å²) in [5, 5.41) is 29.9. The summed E-state index contributed by atoms with van der Waals surface area (Å²) in [5.74, 6) is 0.998. The van der Waals surface area contributed by atoms with E-state index < -0.39 is 4.92 Å². The van der Waals surface area contributed by atoms with Crippen LogP contribution in [0.5, 0.6) is 11.5 Å². The van der Waals surface area contributed by atoms with Gasteiger partial charge in [-0.1, -0.05) is 36.4 Å². The summed E-state index contributed by atoms with van der Waals surface area (Å²) in [6.45, 7) is 2.46. The minimum absolute atomic E-state index is 0.0833. The molecule has 7 heteroatoms. The molecule has 0 saturated carbocycles. The highest BCUT2D eigenvalue weighted by molar-refractivity contribution is 5.90. The summed E-state index contributed by atoms with van der Waals surface area (Å²) in [6, 6.07) is 22.6. The van der Waals surface area contributed by atoms with E-state index in [0.717, 1.165) is 5.56 Å². The first-order valence-electron chi connectivity index (χ1n) is 9.80. The van der Waals surface area contributed by atoms with Crippen LogP contribution in [0.4, 0.5) is 5.69 Å². The van der Waals surface area contributed by atoms with E-state index in [1.54, 1.807) is 48.5 Å². The molecule has 0 N–H and O–H groups in total. The molecule has 0 saturated heterocycles. The lowest BCUT2D eigenvalue weighted by molar-refractivity contribution is -0.384. The summed E-state index contributed by atoms with van der Waals surface area (Å²) >= 11 is 0. The first-order valence-corrected chi connectivity index (χ1v) is 9.80. The number of allylic oxidation sites excluding steroid dienone is 1. The van der Waals surface area contributed by atoms with Gasteiger partial charge in [-0.3, -0.25) is 10.1 Å². The molecular weight excluding hydrogens is 406 g/mol. The van der Waals surface area contributed by atoms with Gasteiger partial charge in [0.15, 0.2) is 11.5 Å². The molecule has 0 radical (unpaired) electrons. The van der Waals surface area contributed by atoms with Crippen LogP contribution in [0.15, 0.2) is 66.7 Å². The molecular formula is C25H19N3O4. The lowest BCUT2D eigenvalue weighted by Crippen LogP contribution is -2.01. The van der Waals surface area contributed by atoms with Crippen molar-refractivity contribution in [2.75, 3.05) is 6.61 Å². The molecule has 3 aromatic carbocycles. The third kappa shape index (κ3) is 5.29. The molecule has 0 spiro atoms. The zero-order valence-corrected chi connectivity index (χ0v) is 17.3. The zero-order chi connectivity index (χ0) is 22.9. The Morgan fingerprint density at radius 2 is 1.84 bits per heavy atom. The second-order valence-corrected chi connectivity index (χ2v) is 6.67. The van der Waals surface area contributed by atoms with Gasteiger partial charge >= 0.3 is 0 Å². The molecule has 0 atom stereocenters. The molecule has 0 heterocycles. The van der Waals surface area contributed by atoms with Crippen LogP contribution in [0.2, 0.25) is 0 Å². The SMILES string of the molecule is CCOc1cc(/C=C(/C#N)c2cccc([N+](=O)[O-])c2)ccc1OCc1ccccc1C#N. The second-order valence-electron chi connectivity index (χ2n) is 6.67. The number of ether oxygens (including phenoxy) is 2. The normalized spacial score (nSPS) is 10.7. The van der Waals surface area contributed by atoms with Crippen molar-refractivity contribution >= 4 is 17.3 Å². The Balaban J connectivity index is 1.89. The Bertz CT molecular complexity index is 1250. The molecule has 0 amide bonds. The second kappa shape index (κ2) is 10.4. The summed E-state index contributed by atoms with van der Waals surface area (Å²) in [7, 11) is 0. The Kier molecular flexibility index (Phi) is 7.19. The summed E-state index contributed by atoms with van der Waals surface area (Å²) in [4.78, 5) is 10.5. The van der Waals surface area contributed by atoms with Crippen LogP contribution in [0.3, 0.4) is 0 Å². The number of nitrogens with zero attached hydrogens (tertiary/aromatic N) is 3. The molecule has 0 unspecified atom stereocenters. The molecule has 32 heavy (non-hydrogen) atoms. The molecule has 3 aromatic rings. The van der Waals surface area contributed by atoms with E-state index in [1.807, 2.05) is 19.1 Å². The maximum Gasteiger partial charge on any atom is 0.270 e. The summed E-state index contributed by atoms with van der Waals surface area (Å²) in [5.41, 5.74) is 2.64. The van der Waals surface area contributed by atoms with E-state index in [0.29, 0.717) is 34.8 Å². The van der Waals surface area contributed by atoms with Crippen LogP contribution in [0.1, 0.15) is 29.2 Å². The fourth-order valence-corrected chi connectivity index (χ4v) is 3.05. The lowest BCUT2D eigenvalue weighted by atomic mass is 10.0. The van der Waals surface area contributed by atoms with Crippen LogP contribution >= 0.6 is 0 Å². The van der Waals surface area contributed by atoms with Gasteiger partial charge in [-0.05, 0) is 42.3 Å². The van der Waals surface area contributed by atoms with Crippen molar-refractivity contribution in [3.05, 3.63) is 99.1 Å². The molecule has 0 bridgehead atoms. The average Bonchev–Trinajstić information content (AvgIpc) is 2.82. The fourth-order valence-electron chi connectivity index (χ4n) is 3.05. The molecule has 3 rings (SSSR count). The Hall–Kier alpha value is -4.62. The first-order chi connectivity index (χ1) is 15.5. The maximum atomic E-state index is 11.0. The van der Waals surface area contributed by atoms with Crippen LogP contribution in [-0.2, 0) is 6.61 Å². The molecule has 0 fully saturated rings. The third-order valence-electron chi connectivity index (χ3n) is 4.59. The van der Waals surface area contributed by atoms with Gasteiger partial charge in [-0.15, -0.1) is 0 Å². The Morgan fingerprint density at radius 1 is 1.03 bits per heavy atom. The van der Waals surface area contributed by atoms with Crippen molar-refractivity contribution in [1.82, 2.24) is 0 Å². The summed E-state index contributed by atoms with van der Waals surface area (Å²) in [6.07, 6.45) is 1.64. The molecule has 0 aliphatic heterocycles. The van der Waals surface area contributed by atoms with Crippen LogP contribution in [-0.4, -0.2) is 11.5 Å². The molecule has 0 aliphatic rings. The van der Waals surface area contributed by atoms with Crippen molar-refractivity contribution in [2.45, 2.75) is 13.5 Å². The number of hydrogen-bond donors (Lipinski definition) is 0. The van der Waals surface area contributed by atoms with Gasteiger partial charge in [0.1, 0.15) is 6.61 Å². The van der Waals surface area contributed by atoms with Crippen molar-refractivity contribution in [3.63, 3.8) is 0 Å². The smallest absolute Gasteiger partial charge is 0.270 e. The van der Waals surface area contributed by atoms with E-state index in [-0.39, 0.29) is 17.9 Å². The summed E-state index contributed by atoms with van der Waals surface area (Å²) < 4.78 is 11.6. The predicted molar refractivity (Wildman–Crippen MR) is 120 cm³/mol. The quantitative estimate of drug-likeness (QED) is 0.204. The molecule has 158 valence electrons. The third-order valence-corrected chi connectivity index (χ3v) is 4.59. The van der Waals surface area contributed by atoms with E-state index >= 15 is 0 Å². The van der Waals surface area contributed by atoms with Gasteiger partial charge in [0.05, 0.1) is 34.8 Å². The van der Waals surface area contributed by atoms with Crippen molar-refractivity contribution < 1.29 is 14.4 Å². The van der Waals surface area contributed by atoms with Gasteiger partial charge in [0.2, 0.25) is 0 Å². The van der Waals surface area contributed by atoms with Gasteiger partial charge in [0, 0.05) is 17.7 Å².